The Morgan fingerprint density at radius 3 is 2.57 bits per heavy atom. The molecule has 0 saturated heterocycles. The molecule has 0 bridgehead atoms. The lowest BCUT2D eigenvalue weighted by atomic mass is 10.1. The summed E-state index contributed by atoms with van der Waals surface area (Å²) >= 11 is 0. The highest BCUT2D eigenvalue weighted by Gasteiger charge is 2.09. The first-order valence-electron chi connectivity index (χ1n) is 9.14. The highest BCUT2D eigenvalue weighted by Crippen LogP contribution is 2.23. The van der Waals surface area contributed by atoms with Crippen LogP contribution in [0.2, 0.25) is 0 Å². The molecular formula is C23H22N4O. The molecule has 4 rings (SSSR count). The van der Waals surface area contributed by atoms with Gasteiger partial charge in [-0.2, -0.15) is 0 Å². The lowest BCUT2D eigenvalue weighted by Gasteiger charge is -2.12. The molecule has 5 nitrogen and oxygen atoms in total. The fraction of sp³-hybridized carbons (Fsp3) is 0.130. The van der Waals surface area contributed by atoms with Crippen LogP contribution in [0.5, 0.6) is 0 Å². The molecule has 28 heavy (non-hydrogen) atoms. The summed E-state index contributed by atoms with van der Waals surface area (Å²) in [7, 11) is 3.95. The van der Waals surface area contributed by atoms with Gasteiger partial charge in [-0.25, -0.2) is 4.98 Å². The van der Waals surface area contributed by atoms with E-state index in [-0.39, 0.29) is 5.91 Å². The number of rotatable bonds is 4. The average molecular weight is 370 g/mol. The van der Waals surface area contributed by atoms with Gasteiger partial charge in [0.05, 0.1) is 5.69 Å². The second-order valence-corrected chi connectivity index (χ2v) is 7.07. The summed E-state index contributed by atoms with van der Waals surface area (Å²) in [5.74, 6) is -0.131. The van der Waals surface area contributed by atoms with Crippen molar-refractivity contribution in [1.82, 2.24) is 9.38 Å². The fourth-order valence-electron chi connectivity index (χ4n) is 3.09. The van der Waals surface area contributed by atoms with Crippen LogP contribution in [-0.4, -0.2) is 29.4 Å². The first kappa shape index (κ1) is 17.8. The number of aryl methyl sites for hydroxylation is 1. The number of benzene rings is 2. The number of pyridine rings is 1. The lowest BCUT2D eigenvalue weighted by molar-refractivity contribution is 0.102. The van der Waals surface area contributed by atoms with Gasteiger partial charge in [0.2, 0.25) is 0 Å². The Bertz CT molecular complexity index is 1140. The first-order valence-corrected chi connectivity index (χ1v) is 9.14. The summed E-state index contributed by atoms with van der Waals surface area (Å²) < 4.78 is 2.00. The van der Waals surface area contributed by atoms with E-state index in [0.717, 1.165) is 28.3 Å². The molecule has 2 aromatic heterocycles. The van der Waals surface area contributed by atoms with Crippen molar-refractivity contribution in [2.45, 2.75) is 6.92 Å². The third-order valence-corrected chi connectivity index (χ3v) is 4.68. The Kier molecular flexibility index (Phi) is 4.57. The number of amides is 1. The molecule has 140 valence electrons. The molecule has 2 heterocycles. The van der Waals surface area contributed by atoms with Gasteiger partial charge in [-0.1, -0.05) is 12.1 Å². The van der Waals surface area contributed by atoms with Gasteiger partial charge in [0.15, 0.2) is 0 Å². The van der Waals surface area contributed by atoms with Gasteiger partial charge in [0.25, 0.3) is 5.91 Å². The Morgan fingerprint density at radius 2 is 1.82 bits per heavy atom. The molecular weight excluding hydrogens is 348 g/mol. The largest absolute Gasteiger partial charge is 0.378 e. The Labute approximate surface area is 164 Å². The van der Waals surface area contributed by atoms with Crippen molar-refractivity contribution in [2.24, 2.45) is 0 Å². The zero-order chi connectivity index (χ0) is 19.7. The number of nitrogens with one attached hydrogen (secondary N) is 1. The molecule has 0 unspecified atom stereocenters. The SMILES string of the molecule is Cc1ccn2cc(-c3cccc(NC(=O)c4ccc(N(C)C)cc4)c3)nc2c1. The number of imidazole rings is 1. The van der Waals surface area contributed by atoms with E-state index < -0.39 is 0 Å². The number of anilines is 2. The minimum atomic E-state index is -0.131. The maximum absolute atomic E-state index is 12.6. The van der Waals surface area contributed by atoms with Crippen LogP contribution in [0.3, 0.4) is 0 Å². The second kappa shape index (κ2) is 7.19. The van der Waals surface area contributed by atoms with Crippen molar-refractivity contribution in [3.05, 3.63) is 84.2 Å². The summed E-state index contributed by atoms with van der Waals surface area (Å²) in [5.41, 5.74) is 6.34. The smallest absolute Gasteiger partial charge is 0.255 e. The number of carbonyl (C=O) groups is 1. The summed E-state index contributed by atoms with van der Waals surface area (Å²) in [5, 5.41) is 2.97. The molecule has 0 radical (unpaired) electrons. The van der Waals surface area contributed by atoms with Crippen molar-refractivity contribution in [3.8, 4) is 11.3 Å². The molecule has 0 aliphatic rings. The molecule has 0 spiro atoms. The maximum atomic E-state index is 12.6. The molecule has 1 N–H and O–H groups in total. The molecule has 0 saturated carbocycles. The van der Waals surface area contributed by atoms with Crippen LogP contribution in [-0.2, 0) is 0 Å². The molecule has 0 fully saturated rings. The standard InChI is InChI=1S/C23H22N4O/c1-16-11-12-27-15-21(25-22(27)13-16)18-5-4-6-19(14-18)24-23(28)17-7-9-20(10-8-17)26(2)3/h4-15H,1-3H3,(H,24,28). The van der Waals surface area contributed by atoms with E-state index in [1.165, 1.54) is 5.56 Å². The van der Waals surface area contributed by atoms with Gasteiger partial charge in [-0.15, -0.1) is 0 Å². The zero-order valence-corrected chi connectivity index (χ0v) is 16.2. The summed E-state index contributed by atoms with van der Waals surface area (Å²) in [6, 6.07) is 19.4. The quantitative estimate of drug-likeness (QED) is 0.570. The molecule has 4 aromatic rings. The Hall–Kier alpha value is -3.60. The highest BCUT2D eigenvalue weighted by molar-refractivity contribution is 6.04. The summed E-state index contributed by atoms with van der Waals surface area (Å²) in [6.45, 7) is 2.05. The Morgan fingerprint density at radius 1 is 1.04 bits per heavy atom. The van der Waals surface area contributed by atoms with E-state index in [4.69, 9.17) is 4.98 Å². The predicted molar refractivity (Wildman–Crippen MR) is 114 cm³/mol. The average Bonchev–Trinajstić information content (AvgIpc) is 3.11. The van der Waals surface area contributed by atoms with E-state index in [9.17, 15) is 4.79 Å². The van der Waals surface area contributed by atoms with E-state index in [2.05, 4.69) is 18.3 Å². The second-order valence-electron chi connectivity index (χ2n) is 7.07. The van der Waals surface area contributed by atoms with Crippen LogP contribution in [0.4, 0.5) is 11.4 Å². The van der Waals surface area contributed by atoms with Crippen LogP contribution in [0, 0.1) is 6.92 Å². The molecule has 2 aromatic carbocycles. The molecule has 0 aliphatic heterocycles. The number of nitrogens with zero attached hydrogens (tertiary/aromatic N) is 3. The van der Waals surface area contributed by atoms with Gasteiger partial charge in [0, 0.05) is 49.0 Å². The number of hydrogen-bond acceptors (Lipinski definition) is 3. The maximum Gasteiger partial charge on any atom is 0.255 e. The predicted octanol–water partition coefficient (Wildman–Crippen LogP) is 4.63. The number of aromatic nitrogens is 2. The van der Waals surface area contributed by atoms with Gasteiger partial charge >= 0.3 is 0 Å². The van der Waals surface area contributed by atoms with E-state index in [1.807, 2.05) is 90.4 Å². The molecule has 5 heteroatoms. The van der Waals surface area contributed by atoms with E-state index >= 15 is 0 Å². The van der Waals surface area contributed by atoms with Gasteiger partial charge < -0.3 is 14.6 Å². The van der Waals surface area contributed by atoms with Gasteiger partial charge in [0.1, 0.15) is 5.65 Å². The Balaban J connectivity index is 1.56. The van der Waals surface area contributed by atoms with E-state index in [0.29, 0.717) is 5.56 Å². The molecule has 0 aliphatic carbocycles. The first-order chi connectivity index (χ1) is 13.5. The highest BCUT2D eigenvalue weighted by atomic mass is 16.1. The van der Waals surface area contributed by atoms with E-state index in [1.54, 1.807) is 0 Å². The minimum Gasteiger partial charge on any atom is -0.378 e. The molecule has 1 amide bonds. The third-order valence-electron chi connectivity index (χ3n) is 4.68. The van der Waals surface area contributed by atoms with Crippen LogP contribution >= 0.6 is 0 Å². The van der Waals surface area contributed by atoms with Crippen LogP contribution in [0.25, 0.3) is 16.9 Å². The monoisotopic (exact) mass is 370 g/mol. The topological polar surface area (TPSA) is 49.6 Å². The lowest BCUT2D eigenvalue weighted by Crippen LogP contribution is -2.13. The van der Waals surface area contributed by atoms with Gasteiger partial charge in [-0.3, -0.25) is 4.79 Å². The minimum absolute atomic E-state index is 0.131. The van der Waals surface area contributed by atoms with Crippen LogP contribution in [0.15, 0.2) is 73.1 Å². The number of hydrogen-bond donors (Lipinski definition) is 1. The third kappa shape index (κ3) is 3.60. The number of fused-ring (bicyclic) bond motifs is 1. The van der Waals surface area contributed by atoms with Gasteiger partial charge in [-0.05, 0) is 61.0 Å². The van der Waals surface area contributed by atoms with Crippen molar-refractivity contribution in [2.75, 3.05) is 24.3 Å². The van der Waals surface area contributed by atoms with Crippen molar-refractivity contribution in [3.63, 3.8) is 0 Å². The zero-order valence-electron chi connectivity index (χ0n) is 16.2. The normalized spacial score (nSPS) is 10.8. The summed E-state index contributed by atoms with van der Waals surface area (Å²) in [4.78, 5) is 19.3. The van der Waals surface area contributed by atoms with Crippen LogP contribution in [0.1, 0.15) is 15.9 Å². The van der Waals surface area contributed by atoms with Crippen molar-refractivity contribution < 1.29 is 4.79 Å². The van der Waals surface area contributed by atoms with Crippen molar-refractivity contribution >= 4 is 22.9 Å². The van der Waals surface area contributed by atoms with Crippen molar-refractivity contribution in [1.29, 1.82) is 0 Å². The molecule has 0 atom stereocenters. The van der Waals surface area contributed by atoms with Crippen LogP contribution < -0.4 is 10.2 Å². The summed E-state index contributed by atoms with van der Waals surface area (Å²) in [6.07, 6.45) is 4.00. The fourth-order valence-corrected chi connectivity index (χ4v) is 3.09. The number of carbonyl (C=O) groups excluding carboxylic acids is 1.